The van der Waals surface area contributed by atoms with E-state index in [0.29, 0.717) is 0 Å². The Morgan fingerprint density at radius 3 is 2.83 bits per heavy atom. The zero-order valence-electron chi connectivity index (χ0n) is 6.70. The topological polar surface area (TPSA) is 17.1 Å². The summed E-state index contributed by atoms with van der Waals surface area (Å²) in [7, 11) is 0. The molecule has 0 aromatic carbocycles. The van der Waals surface area contributed by atoms with Gasteiger partial charge in [-0.15, -0.1) is 0 Å². The van der Waals surface area contributed by atoms with Crippen LogP contribution in [0.4, 0.5) is 0 Å². The average Bonchev–Trinajstić information content (AvgIpc) is 2.04. The van der Waals surface area contributed by atoms with Crippen LogP contribution in [0.2, 0.25) is 0 Å². The summed E-state index contributed by atoms with van der Waals surface area (Å²) in [4.78, 5) is 11.3. The standard InChI is InChI=1S/C10H8OTe/c1-7-5-6-8-9(11)3-2-4-10(8)12-7/h2-6H,1H3. The SMILES string of the molecule is Cc1ccc2c(=O)cccc-2[te]1. The van der Waals surface area contributed by atoms with Gasteiger partial charge < -0.3 is 0 Å². The number of aryl methyl sites for hydroxylation is 1. The molecule has 0 spiro atoms. The molecule has 0 atom stereocenters. The van der Waals surface area contributed by atoms with Gasteiger partial charge in [0.1, 0.15) is 0 Å². The van der Waals surface area contributed by atoms with Crippen molar-refractivity contribution in [3.8, 4) is 9.14 Å². The van der Waals surface area contributed by atoms with Crippen LogP contribution in [-0.2, 0) is 0 Å². The number of hydrogen-bond donors (Lipinski definition) is 0. The van der Waals surface area contributed by atoms with Gasteiger partial charge in [0.15, 0.2) is 0 Å². The van der Waals surface area contributed by atoms with Crippen molar-refractivity contribution in [1.82, 2.24) is 0 Å². The van der Waals surface area contributed by atoms with Crippen molar-refractivity contribution in [2.75, 3.05) is 0 Å². The molecule has 0 fully saturated rings. The van der Waals surface area contributed by atoms with E-state index in [9.17, 15) is 4.79 Å². The molecule has 2 aliphatic rings. The zero-order valence-corrected chi connectivity index (χ0v) is 9.03. The molecule has 0 N–H and O–H groups in total. The molecule has 0 aromatic rings. The second-order valence-corrected chi connectivity index (χ2v) is 6.39. The van der Waals surface area contributed by atoms with Crippen molar-refractivity contribution in [2.45, 2.75) is 6.92 Å². The van der Waals surface area contributed by atoms with E-state index in [1.54, 1.807) is 6.07 Å². The molecule has 1 nitrogen and oxygen atoms in total. The Balaban J connectivity index is 2.86. The van der Waals surface area contributed by atoms with Gasteiger partial charge in [0.05, 0.1) is 0 Å². The van der Waals surface area contributed by atoms with E-state index in [1.165, 1.54) is 7.16 Å². The fraction of sp³-hybridized carbons (Fsp3) is 0.100. The van der Waals surface area contributed by atoms with Crippen molar-refractivity contribution in [2.24, 2.45) is 0 Å². The van der Waals surface area contributed by atoms with Gasteiger partial charge in [0.2, 0.25) is 0 Å². The van der Waals surface area contributed by atoms with Crippen LogP contribution in [-0.4, -0.2) is 20.4 Å². The van der Waals surface area contributed by atoms with Gasteiger partial charge in [-0.25, -0.2) is 0 Å². The van der Waals surface area contributed by atoms with Gasteiger partial charge in [-0.1, -0.05) is 0 Å². The summed E-state index contributed by atoms with van der Waals surface area (Å²) in [6.45, 7) is 2.14. The monoisotopic (exact) mass is 274 g/mol. The van der Waals surface area contributed by atoms with Crippen LogP contribution in [0.15, 0.2) is 35.1 Å². The number of rotatable bonds is 0. The predicted molar refractivity (Wildman–Crippen MR) is 51.0 cm³/mol. The Morgan fingerprint density at radius 2 is 2.00 bits per heavy atom. The zero-order chi connectivity index (χ0) is 8.55. The first-order valence-electron chi connectivity index (χ1n) is 3.77. The van der Waals surface area contributed by atoms with Crippen molar-refractivity contribution in [3.05, 3.63) is 44.1 Å². The van der Waals surface area contributed by atoms with Crippen molar-refractivity contribution < 1.29 is 0 Å². The third-order valence-corrected chi connectivity index (χ3v) is 4.73. The van der Waals surface area contributed by atoms with Crippen LogP contribution in [0.3, 0.4) is 0 Å². The van der Waals surface area contributed by atoms with Crippen molar-refractivity contribution >= 4 is 20.4 Å². The Morgan fingerprint density at radius 1 is 1.17 bits per heavy atom. The Labute approximate surface area is 80.6 Å². The maximum absolute atomic E-state index is 11.3. The molecule has 1 aliphatic heterocycles. The fourth-order valence-electron chi connectivity index (χ4n) is 1.19. The molecule has 2 rings (SSSR count). The molecule has 0 saturated heterocycles. The third kappa shape index (κ3) is 1.33. The first-order chi connectivity index (χ1) is 5.77. The molecule has 0 bridgehead atoms. The van der Waals surface area contributed by atoms with Gasteiger partial charge in [-0.2, -0.15) is 0 Å². The molecule has 1 heterocycles. The first-order valence-corrected chi connectivity index (χ1v) is 6.10. The third-order valence-electron chi connectivity index (χ3n) is 1.78. The van der Waals surface area contributed by atoms with E-state index in [4.69, 9.17) is 0 Å². The quantitative estimate of drug-likeness (QED) is 0.664. The second kappa shape index (κ2) is 3.05. The van der Waals surface area contributed by atoms with Crippen LogP contribution in [0.1, 0.15) is 3.58 Å². The summed E-state index contributed by atoms with van der Waals surface area (Å²) in [5.74, 6) is 0. The molecule has 0 aromatic heterocycles. The summed E-state index contributed by atoms with van der Waals surface area (Å²) in [6, 6.07) is 9.59. The van der Waals surface area contributed by atoms with Crippen LogP contribution in [0.25, 0.3) is 9.14 Å². The molecular weight excluding hydrogens is 264 g/mol. The number of hydrogen-bond acceptors (Lipinski definition) is 1. The van der Waals surface area contributed by atoms with Gasteiger partial charge >= 0.3 is 80.6 Å². The van der Waals surface area contributed by atoms with E-state index in [-0.39, 0.29) is 25.9 Å². The summed E-state index contributed by atoms with van der Waals surface area (Å²) >= 11 is -0.232. The summed E-state index contributed by atoms with van der Waals surface area (Å²) in [5, 5.41) is 0. The Bertz CT molecular complexity index is 430. The molecule has 0 unspecified atom stereocenters. The van der Waals surface area contributed by atoms with Crippen LogP contribution in [0.5, 0.6) is 0 Å². The molecule has 2 heteroatoms. The summed E-state index contributed by atoms with van der Waals surface area (Å²) < 4.78 is 2.73. The molecule has 12 heavy (non-hydrogen) atoms. The van der Waals surface area contributed by atoms with Gasteiger partial charge in [0, 0.05) is 0 Å². The molecule has 60 valence electrons. The van der Waals surface area contributed by atoms with E-state index < -0.39 is 0 Å². The molecule has 0 saturated carbocycles. The van der Waals surface area contributed by atoms with Gasteiger partial charge in [-0.05, 0) is 0 Å². The number of fused-ring (bicyclic) bond motifs is 1. The molecule has 0 radical (unpaired) electrons. The summed E-state index contributed by atoms with van der Waals surface area (Å²) in [5.41, 5.74) is 1.09. The Kier molecular flexibility index (Phi) is 2.04. The van der Waals surface area contributed by atoms with Crippen LogP contribution < -0.4 is 5.43 Å². The van der Waals surface area contributed by atoms with E-state index in [2.05, 4.69) is 19.1 Å². The van der Waals surface area contributed by atoms with Crippen LogP contribution in [0, 0.1) is 6.92 Å². The van der Waals surface area contributed by atoms with E-state index in [1.807, 2.05) is 12.1 Å². The van der Waals surface area contributed by atoms with E-state index >= 15 is 0 Å². The molecule has 0 amide bonds. The first kappa shape index (κ1) is 8.04. The van der Waals surface area contributed by atoms with E-state index in [0.717, 1.165) is 5.56 Å². The normalized spacial score (nSPS) is 10.4. The van der Waals surface area contributed by atoms with Gasteiger partial charge in [-0.3, -0.25) is 0 Å². The predicted octanol–water partition coefficient (Wildman–Crippen LogP) is 1.52. The maximum atomic E-state index is 11.3. The summed E-state index contributed by atoms with van der Waals surface area (Å²) in [6.07, 6.45) is 0. The number of benzene rings is 1. The minimum absolute atomic E-state index is 0.168. The van der Waals surface area contributed by atoms with Crippen molar-refractivity contribution in [3.63, 3.8) is 0 Å². The Hall–Kier alpha value is -0.580. The minimum atomic E-state index is -0.232. The fourth-order valence-corrected chi connectivity index (χ4v) is 3.78. The van der Waals surface area contributed by atoms with Gasteiger partial charge in [0.25, 0.3) is 0 Å². The molecular formula is C10H8OTe. The average molecular weight is 272 g/mol. The van der Waals surface area contributed by atoms with Crippen LogP contribution >= 0.6 is 0 Å². The second-order valence-electron chi connectivity index (χ2n) is 2.71. The van der Waals surface area contributed by atoms with Crippen molar-refractivity contribution in [1.29, 1.82) is 0 Å². The molecule has 1 aliphatic carbocycles.